The molecule has 10 heteroatoms. The number of amides is 1. The maximum atomic E-state index is 12.7. The molecule has 25 heavy (non-hydrogen) atoms. The zero-order valence-electron chi connectivity index (χ0n) is 13.0. The molecule has 0 bridgehead atoms. The van der Waals surface area contributed by atoms with Crippen molar-refractivity contribution >= 4 is 11.9 Å². The lowest BCUT2D eigenvalue weighted by molar-refractivity contribution is -0.141. The molecule has 1 aliphatic heterocycles. The monoisotopic (exact) mass is 353 g/mol. The van der Waals surface area contributed by atoms with Crippen molar-refractivity contribution in [2.45, 2.75) is 6.18 Å². The number of piperazine rings is 1. The second-order valence-electron chi connectivity index (χ2n) is 5.46. The highest BCUT2D eigenvalue weighted by Crippen LogP contribution is 2.28. The number of rotatable bonds is 2. The van der Waals surface area contributed by atoms with Crippen molar-refractivity contribution in [1.29, 1.82) is 0 Å². The smallest absolute Gasteiger partial charge is 0.337 e. The molecule has 132 valence electrons. The molecule has 0 radical (unpaired) electrons. The molecule has 7 nitrogen and oxygen atoms in total. The second kappa shape index (κ2) is 6.54. The van der Waals surface area contributed by atoms with Gasteiger partial charge in [0, 0.05) is 44.6 Å². The van der Waals surface area contributed by atoms with Crippen molar-refractivity contribution in [1.82, 2.24) is 19.9 Å². The molecule has 2 aromatic heterocycles. The van der Waals surface area contributed by atoms with Gasteiger partial charge in [-0.2, -0.15) is 13.2 Å². The highest BCUT2D eigenvalue weighted by Gasteiger charge is 2.33. The third kappa shape index (κ3) is 3.78. The van der Waals surface area contributed by atoms with Crippen LogP contribution >= 0.6 is 0 Å². The summed E-state index contributed by atoms with van der Waals surface area (Å²) in [5.41, 5.74) is -0.948. The van der Waals surface area contributed by atoms with E-state index >= 15 is 0 Å². The van der Waals surface area contributed by atoms with Gasteiger partial charge in [0.15, 0.2) is 0 Å². The average Bonchev–Trinajstić information content (AvgIpc) is 2.61. The van der Waals surface area contributed by atoms with Gasteiger partial charge in [-0.25, -0.2) is 9.97 Å². The van der Waals surface area contributed by atoms with Gasteiger partial charge in [-0.3, -0.25) is 9.59 Å². The number of nitrogens with zero attached hydrogens (tertiary/aromatic N) is 4. The van der Waals surface area contributed by atoms with Crippen molar-refractivity contribution in [3.8, 4) is 0 Å². The minimum atomic E-state index is -4.53. The Morgan fingerprint density at radius 1 is 1.12 bits per heavy atom. The lowest BCUT2D eigenvalue weighted by Crippen LogP contribution is -2.49. The standard InChI is InChI=1S/C15H14F3N5O2/c16-15(17,18)11-3-4-19-14(21-11)23-7-5-22(6-8-23)13(25)10-1-2-12(24)20-9-10/h1-4,9H,5-8H2,(H,20,24). The van der Waals surface area contributed by atoms with Gasteiger partial charge < -0.3 is 14.8 Å². The summed E-state index contributed by atoms with van der Waals surface area (Å²) in [7, 11) is 0. The minimum absolute atomic E-state index is 0.00837. The Balaban J connectivity index is 1.67. The first kappa shape index (κ1) is 16.9. The number of hydrogen-bond acceptors (Lipinski definition) is 5. The predicted octanol–water partition coefficient (Wildman–Crippen LogP) is 1.15. The van der Waals surface area contributed by atoms with Crippen molar-refractivity contribution in [2.75, 3.05) is 31.1 Å². The summed E-state index contributed by atoms with van der Waals surface area (Å²) in [5, 5.41) is 0. The first-order valence-corrected chi connectivity index (χ1v) is 7.48. The zero-order chi connectivity index (χ0) is 18.0. The van der Waals surface area contributed by atoms with Crippen LogP contribution in [0, 0.1) is 0 Å². The van der Waals surface area contributed by atoms with Crippen LogP contribution < -0.4 is 10.5 Å². The Hall–Kier alpha value is -2.91. The first-order chi connectivity index (χ1) is 11.8. The van der Waals surface area contributed by atoms with E-state index in [2.05, 4.69) is 15.0 Å². The summed E-state index contributed by atoms with van der Waals surface area (Å²) in [5.74, 6) is -0.258. The quantitative estimate of drug-likeness (QED) is 0.876. The summed E-state index contributed by atoms with van der Waals surface area (Å²) in [6.45, 7) is 1.27. The fraction of sp³-hybridized carbons (Fsp3) is 0.333. The van der Waals surface area contributed by atoms with Crippen LogP contribution in [-0.2, 0) is 6.18 Å². The third-order valence-corrected chi connectivity index (χ3v) is 3.81. The van der Waals surface area contributed by atoms with E-state index in [1.807, 2.05) is 0 Å². The van der Waals surface area contributed by atoms with Crippen molar-refractivity contribution in [3.63, 3.8) is 0 Å². The SMILES string of the molecule is O=C(c1ccc(=O)[nH]c1)N1CCN(c2nccc(C(F)(F)F)n2)CC1. The van der Waals surface area contributed by atoms with E-state index in [0.29, 0.717) is 31.7 Å². The number of anilines is 1. The van der Waals surface area contributed by atoms with Crippen LogP contribution in [0.25, 0.3) is 0 Å². The number of carbonyl (C=O) groups excluding carboxylic acids is 1. The highest BCUT2D eigenvalue weighted by atomic mass is 19.4. The molecule has 0 spiro atoms. The number of aromatic amines is 1. The molecule has 1 amide bonds. The van der Waals surface area contributed by atoms with Gasteiger partial charge in [-0.15, -0.1) is 0 Å². The maximum Gasteiger partial charge on any atom is 0.433 e. The van der Waals surface area contributed by atoms with E-state index < -0.39 is 11.9 Å². The predicted molar refractivity (Wildman–Crippen MR) is 82.2 cm³/mol. The lowest BCUT2D eigenvalue weighted by atomic mass is 10.2. The van der Waals surface area contributed by atoms with Gasteiger partial charge in [0.25, 0.3) is 5.91 Å². The molecule has 1 aliphatic rings. The molecule has 1 saturated heterocycles. The molecule has 1 fully saturated rings. The summed E-state index contributed by atoms with van der Waals surface area (Å²) < 4.78 is 38.2. The fourth-order valence-corrected chi connectivity index (χ4v) is 2.49. The van der Waals surface area contributed by atoms with E-state index in [1.165, 1.54) is 18.3 Å². The molecular weight excluding hydrogens is 339 g/mol. The molecule has 0 unspecified atom stereocenters. The van der Waals surface area contributed by atoms with Gasteiger partial charge in [-0.05, 0) is 12.1 Å². The van der Waals surface area contributed by atoms with Crippen molar-refractivity contribution in [3.05, 3.63) is 52.2 Å². The molecule has 0 aliphatic carbocycles. The summed E-state index contributed by atoms with van der Waals surface area (Å²) in [6.07, 6.45) is -2.12. The average molecular weight is 353 g/mol. The summed E-state index contributed by atoms with van der Waals surface area (Å²) in [6, 6.07) is 3.52. The van der Waals surface area contributed by atoms with Gasteiger partial charge in [0.05, 0.1) is 5.56 Å². The number of H-pyrrole nitrogens is 1. The number of hydrogen-bond donors (Lipinski definition) is 1. The molecule has 0 aromatic carbocycles. The van der Waals surface area contributed by atoms with Crippen LogP contribution in [0.1, 0.15) is 16.1 Å². The van der Waals surface area contributed by atoms with E-state index in [4.69, 9.17) is 0 Å². The number of alkyl halides is 3. The molecule has 3 heterocycles. The second-order valence-corrected chi connectivity index (χ2v) is 5.46. The van der Waals surface area contributed by atoms with Gasteiger partial charge >= 0.3 is 6.18 Å². The topological polar surface area (TPSA) is 82.2 Å². The lowest BCUT2D eigenvalue weighted by Gasteiger charge is -2.34. The number of aromatic nitrogens is 3. The third-order valence-electron chi connectivity index (χ3n) is 3.81. The molecule has 3 rings (SSSR count). The number of halogens is 3. The largest absolute Gasteiger partial charge is 0.433 e. The van der Waals surface area contributed by atoms with Crippen molar-refractivity contribution in [2.24, 2.45) is 0 Å². The van der Waals surface area contributed by atoms with E-state index in [0.717, 1.165) is 12.3 Å². The van der Waals surface area contributed by atoms with Crippen molar-refractivity contribution < 1.29 is 18.0 Å². The van der Waals surface area contributed by atoms with Crippen LogP contribution in [0.2, 0.25) is 0 Å². The first-order valence-electron chi connectivity index (χ1n) is 7.48. The minimum Gasteiger partial charge on any atom is -0.337 e. The summed E-state index contributed by atoms with van der Waals surface area (Å²) >= 11 is 0. The Kier molecular flexibility index (Phi) is 4.43. The maximum absolute atomic E-state index is 12.7. The summed E-state index contributed by atoms with van der Waals surface area (Å²) in [4.78, 5) is 36.4. The Bertz CT molecular complexity index is 808. The van der Waals surface area contributed by atoms with Crippen LogP contribution in [0.15, 0.2) is 35.4 Å². The van der Waals surface area contributed by atoms with Crippen LogP contribution in [0.4, 0.5) is 19.1 Å². The van der Waals surface area contributed by atoms with Crippen LogP contribution in [-0.4, -0.2) is 51.9 Å². The molecule has 1 N–H and O–H groups in total. The molecule has 0 saturated carbocycles. The van der Waals surface area contributed by atoms with Gasteiger partial charge in [-0.1, -0.05) is 0 Å². The zero-order valence-corrected chi connectivity index (χ0v) is 13.0. The number of nitrogens with one attached hydrogen (secondary N) is 1. The van der Waals surface area contributed by atoms with E-state index in [9.17, 15) is 22.8 Å². The van der Waals surface area contributed by atoms with Gasteiger partial charge in [0.2, 0.25) is 11.5 Å². The Labute approximate surface area is 140 Å². The highest BCUT2D eigenvalue weighted by molar-refractivity contribution is 5.94. The number of pyridine rings is 1. The Morgan fingerprint density at radius 3 is 2.44 bits per heavy atom. The number of carbonyl (C=O) groups is 1. The fourth-order valence-electron chi connectivity index (χ4n) is 2.49. The molecular formula is C15H14F3N5O2. The van der Waals surface area contributed by atoms with Gasteiger partial charge in [0.1, 0.15) is 5.69 Å². The van der Waals surface area contributed by atoms with Crippen LogP contribution in [0.3, 0.4) is 0 Å². The normalized spacial score (nSPS) is 15.3. The Morgan fingerprint density at radius 2 is 1.84 bits per heavy atom. The molecule has 2 aromatic rings. The van der Waals surface area contributed by atoms with E-state index in [-0.39, 0.29) is 17.4 Å². The van der Waals surface area contributed by atoms with Crippen LogP contribution in [0.5, 0.6) is 0 Å². The van der Waals surface area contributed by atoms with E-state index in [1.54, 1.807) is 9.80 Å². The molecule has 0 atom stereocenters.